The monoisotopic (exact) mass is 407 g/mol. The Morgan fingerprint density at radius 1 is 1.23 bits per heavy atom. The van der Waals surface area contributed by atoms with Gasteiger partial charge in [-0.25, -0.2) is 4.79 Å². The molecule has 3 N–H and O–H groups in total. The topological polar surface area (TPSA) is 82.3 Å². The summed E-state index contributed by atoms with van der Waals surface area (Å²) in [5.74, 6) is 1.30. The molecule has 2 aromatic carbocycles. The van der Waals surface area contributed by atoms with Gasteiger partial charge in [0.05, 0.1) is 12.1 Å². The summed E-state index contributed by atoms with van der Waals surface area (Å²) in [6.07, 6.45) is 3.55. The summed E-state index contributed by atoms with van der Waals surface area (Å²) < 4.78 is 5.94. The molecular weight excluding hydrogens is 378 g/mol. The van der Waals surface area contributed by atoms with Gasteiger partial charge in [-0.2, -0.15) is 5.10 Å². The van der Waals surface area contributed by atoms with Crippen molar-refractivity contribution in [2.24, 2.45) is 0 Å². The number of anilines is 2. The number of hydrogen-bond acceptors (Lipinski definition) is 4. The van der Waals surface area contributed by atoms with Gasteiger partial charge in [0, 0.05) is 23.2 Å². The van der Waals surface area contributed by atoms with Crippen molar-refractivity contribution >= 4 is 28.4 Å². The first kappa shape index (κ1) is 20.2. The van der Waals surface area contributed by atoms with Crippen LogP contribution in [0.2, 0.25) is 0 Å². The molecule has 2 heterocycles. The lowest BCUT2D eigenvalue weighted by Crippen LogP contribution is -2.26. The second-order valence-corrected chi connectivity index (χ2v) is 8.09. The Hall–Kier alpha value is -3.06. The molecule has 1 aromatic heterocycles. The van der Waals surface area contributed by atoms with E-state index < -0.39 is 0 Å². The molecule has 1 aliphatic heterocycles. The number of urea groups is 1. The molecular formula is C23H29N5O2. The molecule has 1 aliphatic rings. The van der Waals surface area contributed by atoms with Gasteiger partial charge in [0.15, 0.2) is 5.82 Å². The summed E-state index contributed by atoms with van der Waals surface area (Å²) in [5.41, 5.74) is 3.78. The van der Waals surface area contributed by atoms with Crippen molar-refractivity contribution in [3.63, 3.8) is 0 Å². The van der Waals surface area contributed by atoms with E-state index in [9.17, 15) is 4.79 Å². The lowest BCUT2D eigenvalue weighted by atomic mass is 10.1. The van der Waals surface area contributed by atoms with Crippen molar-refractivity contribution in [3.05, 3.63) is 47.5 Å². The third-order valence-corrected chi connectivity index (χ3v) is 5.79. The molecule has 7 heteroatoms. The van der Waals surface area contributed by atoms with E-state index in [1.807, 2.05) is 50.2 Å². The number of aromatic amines is 1. The van der Waals surface area contributed by atoms with Gasteiger partial charge in [-0.05, 0) is 70.5 Å². The second kappa shape index (κ2) is 8.75. The van der Waals surface area contributed by atoms with Crippen LogP contribution in [-0.2, 0) is 0 Å². The maximum absolute atomic E-state index is 12.4. The summed E-state index contributed by atoms with van der Waals surface area (Å²) in [5, 5.41) is 13.8. The predicted molar refractivity (Wildman–Crippen MR) is 120 cm³/mol. The van der Waals surface area contributed by atoms with Gasteiger partial charge in [-0.1, -0.05) is 17.7 Å². The van der Waals surface area contributed by atoms with Crippen LogP contribution in [0, 0.1) is 13.8 Å². The first-order chi connectivity index (χ1) is 14.5. The van der Waals surface area contributed by atoms with E-state index in [-0.39, 0.29) is 6.03 Å². The summed E-state index contributed by atoms with van der Waals surface area (Å²) in [7, 11) is 2.18. The van der Waals surface area contributed by atoms with E-state index in [1.54, 1.807) is 0 Å². The highest BCUT2D eigenvalue weighted by molar-refractivity contribution is 6.04. The van der Waals surface area contributed by atoms with Gasteiger partial charge in [-0.3, -0.25) is 10.4 Å². The van der Waals surface area contributed by atoms with Crippen molar-refractivity contribution in [1.82, 2.24) is 15.1 Å². The highest BCUT2D eigenvalue weighted by Crippen LogP contribution is 2.26. The zero-order valence-electron chi connectivity index (χ0n) is 17.8. The lowest BCUT2D eigenvalue weighted by Gasteiger charge is -2.19. The smallest absolute Gasteiger partial charge is 0.324 e. The van der Waals surface area contributed by atoms with Gasteiger partial charge in [0.2, 0.25) is 0 Å². The summed E-state index contributed by atoms with van der Waals surface area (Å²) >= 11 is 0. The molecule has 1 fully saturated rings. The number of H-pyrrole nitrogens is 1. The van der Waals surface area contributed by atoms with E-state index in [0.29, 0.717) is 18.5 Å². The van der Waals surface area contributed by atoms with Crippen LogP contribution in [0.15, 0.2) is 36.4 Å². The van der Waals surface area contributed by atoms with E-state index in [4.69, 9.17) is 4.74 Å². The SMILES string of the molecule is Cc1ccc(NC(=O)Nc2n[nH]c3cc(OCCC4CCCN4C)ccc23)c(C)c1. The van der Waals surface area contributed by atoms with Crippen molar-refractivity contribution in [1.29, 1.82) is 0 Å². The van der Waals surface area contributed by atoms with Crippen LogP contribution in [0.4, 0.5) is 16.3 Å². The molecule has 2 amide bonds. The van der Waals surface area contributed by atoms with E-state index >= 15 is 0 Å². The van der Waals surface area contributed by atoms with Crippen LogP contribution in [0.5, 0.6) is 5.75 Å². The Labute approximate surface area is 176 Å². The van der Waals surface area contributed by atoms with Gasteiger partial charge >= 0.3 is 6.03 Å². The van der Waals surface area contributed by atoms with Gasteiger partial charge < -0.3 is 15.0 Å². The standard InChI is InChI=1S/C23H29N5O2/c1-15-6-9-20(16(2)13-15)24-23(29)25-22-19-8-7-18(14-21(19)26-27-22)30-12-10-17-5-4-11-28(17)3/h6-9,13-14,17H,4-5,10-12H2,1-3H3,(H3,24,25,26,27,29). The highest BCUT2D eigenvalue weighted by atomic mass is 16.5. The molecule has 1 unspecified atom stereocenters. The maximum atomic E-state index is 12.4. The Bertz CT molecular complexity index is 1050. The number of fused-ring (bicyclic) bond motifs is 1. The molecule has 30 heavy (non-hydrogen) atoms. The lowest BCUT2D eigenvalue weighted by molar-refractivity contribution is 0.233. The Morgan fingerprint density at radius 3 is 2.87 bits per heavy atom. The normalized spacial score (nSPS) is 16.7. The number of rotatable bonds is 6. The zero-order chi connectivity index (χ0) is 21.1. The first-order valence-corrected chi connectivity index (χ1v) is 10.5. The van der Waals surface area contributed by atoms with Crippen molar-refractivity contribution in [3.8, 4) is 5.75 Å². The van der Waals surface area contributed by atoms with Gasteiger partial charge in [0.25, 0.3) is 0 Å². The van der Waals surface area contributed by atoms with E-state index in [2.05, 4.69) is 32.8 Å². The molecule has 4 rings (SSSR count). The minimum Gasteiger partial charge on any atom is -0.493 e. The number of ether oxygens (including phenoxy) is 1. The average Bonchev–Trinajstić information content (AvgIpc) is 3.30. The largest absolute Gasteiger partial charge is 0.493 e. The van der Waals surface area contributed by atoms with Crippen molar-refractivity contribution < 1.29 is 9.53 Å². The number of likely N-dealkylation sites (tertiary alicyclic amines) is 1. The number of nitrogens with one attached hydrogen (secondary N) is 3. The number of aryl methyl sites for hydroxylation is 2. The van der Waals surface area contributed by atoms with Crippen LogP contribution in [0.25, 0.3) is 10.9 Å². The molecule has 1 atom stereocenters. The van der Waals surface area contributed by atoms with E-state index in [0.717, 1.165) is 39.9 Å². The summed E-state index contributed by atoms with van der Waals surface area (Å²) in [4.78, 5) is 14.8. The number of carbonyl (C=O) groups is 1. The second-order valence-electron chi connectivity index (χ2n) is 8.09. The predicted octanol–water partition coefficient (Wildman–Crippen LogP) is 4.69. The molecule has 3 aromatic rings. The molecule has 0 aliphatic carbocycles. The van der Waals surface area contributed by atoms with Crippen molar-refractivity contribution in [2.75, 3.05) is 30.8 Å². The third kappa shape index (κ3) is 4.57. The number of aromatic nitrogens is 2. The zero-order valence-corrected chi connectivity index (χ0v) is 17.8. The average molecular weight is 408 g/mol. The number of nitrogens with zero attached hydrogens (tertiary/aromatic N) is 2. The fourth-order valence-corrected chi connectivity index (χ4v) is 4.06. The molecule has 158 valence electrons. The van der Waals surface area contributed by atoms with Crippen LogP contribution < -0.4 is 15.4 Å². The highest BCUT2D eigenvalue weighted by Gasteiger charge is 2.20. The Balaban J connectivity index is 1.36. The third-order valence-electron chi connectivity index (χ3n) is 5.79. The van der Waals surface area contributed by atoms with Gasteiger partial charge in [-0.15, -0.1) is 0 Å². The molecule has 7 nitrogen and oxygen atoms in total. The summed E-state index contributed by atoms with van der Waals surface area (Å²) in [6, 6.07) is 12.0. The number of hydrogen-bond donors (Lipinski definition) is 3. The molecule has 0 bridgehead atoms. The molecule has 0 spiro atoms. The van der Waals surface area contributed by atoms with Crippen LogP contribution in [-0.4, -0.2) is 47.4 Å². The van der Waals surface area contributed by atoms with Gasteiger partial charge in [0.1, 0.15) is 5.75 Å². The minimum absolute atomic E-state index is 0.323. The van der Waals surface area contributed by atoms with E-state index in [1.165, 1.54) is 19.4 Å². The number of amides is 2. The van der Waals surface area contributed by atoms with Crippen LogP contribution in [0.1, 0.15) is 30.4 Å². The molecule has 1 saturated heterocycles. The maximum Gasteiger partial charge on any atom is 0.324 e. The molecule has 0 radical (unpaired) electrons. The Morgan fingerprint density at radius 2 is 2.10 bits per heavy atom. The fraction of sp³-hybridized carbons (Fsp3) is 0.391. The number of carbonyl (C=O) groups excluding carboxylic acids is 1. The quantitative estimate of drug-likeness (QED) is 0.554. The fourth-order valence-electron chi connectivity index (χ4n) is 4.06. The Kier molecular flexibility index (Phi) is 5.90. The first-order valence-electron chi connectivity index (χ1n) is 10.5. The van der Waals surface area contributed by atoms with Crippen LogP contribution >= 0.6 is 0 Å². The molecule has 0 saturated carbocycles. The minimum atomic E-state index is -0.323. The number of benzene rings is 2. The van der Waals surface area contributed by atoms with Crippen molar-refractivity contribution in [2.45, 2.75) is 39.2 Å². The van der Waals surface area contributed by atoms with Crippen LogP contribution in [0.3, 0.4) is 0 Å². The summed E-state index contributed by atoms with van der Waals surface area (Å²) in [6.45, 7) is 5.87.